The highest BCUT2D eigenvalue weighted by Crippen LogP contribution is 2.24. The van der Waals surface area contributed by atoms with Gasteiger partial charge in [0.1, 0.15) is 0 Å². The number of carbonyl (C=O) groups is 1. The smallest absolute Gasteiger partial charge is 0.243 e. The minimum atomic E-state index is -0.180. The lowest BCUT2D eigenvalue weighted by molar-refractivity contribution is -0.118. The van der Waals surface area contributed by atoms with Crippen LogP contribution in [0.1, 0.15) is 30.7 Å². The summed E-state index contributed by atoms with van der Waals surface area (Å²) in [5, 5.41) is 7.40. The summed E-state index contributed by atoms with van der Waals surface area (Å²) in [5.41, 5.74) is 1.06. The first-order chi connectivity index (χ1) is 10.6. The van der Waals surface area contributed by atoms with Crippen LogP contribution in [0.2, 0.25) is 5.02 Å². The number of benzene rings is 1. The molecule has 0 saturated heterocycles. The van der Waals surface area contributed by atoms with E-state index in [1.807, 2.05) is 38.1 Å². The minimum Gasteiger partial charge on any atom is -0.306 e. The van der Waals surface area contributed by atoms with Crippen LogP contribution in [-0.2, 0) is 11.2 Å². The van der Waals surface area contributed by atoms with Gasteiger partial charge >= 0.3 is 0 Å². The first-order valence-corrected chi connectivity index (χ1v) is 8.55. The zero-order valence-electron chi connectivity index (χ0n) is 12.7. The second kappa shape index (κ2) is 8.27. The third-order valence-electron chi connectivity index (χ3n) is 3.28. The van der Waals surface area contributed by atoms with E-state index in [1.165, 1.54) is 11.3 Å². The largest absolute Gasteiger partial charge is 0.306 e. The predicted octanol–water partition coefficient (Wildman–Crippen LogP) is 3.71. The fourth-order valence-corrected chi connectivity index (χ4v) is 3.18. The summed E-state index contributed by atoms with van der Waals surface area (Å²) >= 11 is 7.65. The van der Waals surface area contributed by atoms with Crippen molar-refractivity contribution in [2.45, 2.75) is 32.7 Å². The standard InChI is InChI=1S/C16H20ClN3OS/c1-3-14(18-4-2)15(21)20-16-19-10-12(22-16)9-11-7-5-6-8-13(11)17/h5-8,10,14,18H,3-4,9H2,1-2H3,(H,19,20,21). The highest BCUT2D eigenvalue weighted by atomic mass is 35.5. The summed E-state index contributed by atoms with van der Waals surface area (Å²) < 4.78 is 0. The van der Waals surface area contributed by atoms with Crippen LogP contribution in [0.4, 0.5) is 5.13 Å². The van der Waals surface area contributed by atoms with Crippen molar-refractivity contribution in [3.8, 4) is 0 Å². The van der Waals surface area contributed by atoms with E-state index in [4.69, 9.17) is 11.6 Å². The lowest BCUT2D eigenvalue weighted by atomic mass is 10.1. The molecule has 0 aliphatic rings. The van der Waals surface area contributed by atoms with Gasteiger partial charge in [-0.1, -0.05) is 43.6 Å². The fraction of sp³-hybridized carbons (Fsp3) is 0.375. The number of hydrogen-bond acceptors (Lipinski definition) is 4. The second-order valence-corrected chi connectivity index (χ2v) is 6.43. The third-order valence-corrected chi connectivity index (χ3v) is 4.56. The van der Waals surface area contributed by atoms with Crippen molar-refractivity contribution in [3.05, 3.63) is 45.9 Å². The molecule has 118 valence electrons. The van der Waals surface area contributed by atoms with Gasteiger partial charge < -0.3 is 10.6 Å². The first kappa shape index (κ1) is 16.9. The van der Waals surface area contributed by atoms with Gasteiger partial charge in [-0.3, -0.25) is 4.79 Å². The molecule has 1 amide bonds. The maximum absolute atomic E-state index is 12.1. The van der Waals surface area contributed by atoms with Gasteiger partial charge in [0.05, 0.1) is 6.04 Å². The molecule has 0 fully saturated rings. The van der Waals surface area contributed by atoms with E-state index in [2.05, 4.69) is 15.6 Å². The van der Waals surface area contributed by atoms with Crippen LogP contribution in [0, 0.1) is 0 Å². The van der Waals surface area contributed by atoms with E-state index in [-0.39, 0.29) is 11.9 Å². The highest BCUT2D eigenvalue weighted by Gasteiger charge is 2.16. The highest BCUT2D eigenvalue weighted by molar-refractivity contribution is 7.15. The maximum atomic E-state index is 12.1. The summed E-state index contributed by atoms with van der Waals surface area (Å²) in [7, 11) is 0. The summed E-state index contributed by atoms with van der Waals surface area (Å²) in [4.78, 5) is 17.5. The number of hydrogen-bond donors (Lipinski definition) is 2. The molecule has 0 spiro atoms. The van der Waals surface area contributed by atoms with E-state index in [1.54, 1.807) is 6.20 Å². The Morgan fingerprint density at radius 3 is 2.82 bits per heavy atom. The van der Waals surface area contributed by atoms with Gasteiger partial charge in [-0.2, -0.15) is 0 Å². The molecule has 0 saturated carbocycles. The molecule has 0 aliphatic carbocycles. The van der Waals surface area contributed by atoms with Crippen molar-refractivity contribution in [1.82, 2.24) is 10.3 Å². The number of carbonyl (C=O) groups excluding carboxylic acids is 1. The Bertz CT molecular complexity index is 629. The third kappa shape index (κ3) is 4.53. The van der Waals surface area contributed by atoms with Crippen LogP contribution in [0.25, 0.3) is 0 Å². The van der Waals surface area contributed by atoms with E-state index >= 15 is 0 Å². The van der Waals surface area contributed by atoms with Crippen molar-refractivity contribution >= 4 is 34.0 Å². The van der Waals surface area contributed by atoms with Gasteiger partial charge in [0.2, 0.25) is 5.91 Å². The van der Waals surface area contributed by atoms with Gasteiger partial charge in [0, 0.05) is 22.5 Å². The average Bonchev–Trinajstić information content (AvgIpc) is 2.94. The molecule has 2 N–H and O–H groups in total. The van der Waals surface area contributed by atoms with Gasteiger partial charge in [-0.15, -0.1) is 11.3 Å². The monoisotopic (exact) mass is 337 g/mol. The average molecular weight is 338 g/mol. The number of amides is 1. The zero-order valence-corrected chi connectivity index (χ0v) is 14.3. The molecule has 22 heavy (non-hydrogen) atoms. The Labute approximate surface area is 139 Å². The lowest BCUT2D eigenvalue weighted by Gasteiger charge is -2.13. The summed E-state index contributed by atoms with van der Waals surface area (Å²) in [5.74, 6) is -0.0389. The van der Waals surface area contributed by atoms with Crippen LogP contribution in [0.5, 0.6) is 0 Å². The molecule has 1 heterocycles. The molecule has 1 aromatic carbocycles. The number of thiazole rings is 1. The van der Waals surface area contributed by atoms with Gasteiger partial charge in [-0.25, -0.2) is 4.98 Å². The maximum Gasteiger partial charge on any atom is 0.243 e. The molecule has 4 nitrogen and oxygen atoms in total. The minimum absolute atomic E-state index is 0.0389. The molecular weight excluding hydrogens is 318 g/mol. The van der Waals surface area contributed by atoms with Gasteiger partial charge in [0.25, 0.3) is 0 Å². The summed E-state index contributed by atoms with van der Waals surface area (Å²) in [6.07, 6.45) is 3.26. The number of likely N-dealkylation sites (N-methyl/N-ethyl adjacent to an activating group) is 1. The van der Waals surface area contributed by atoms with Crippen LogP contribution in [-0.4, -0.2) is 23.5 Å². The van der Waals surface area contributed by atoms with Crippen molar-refractivity contribution in [2.75, 3.05) is 11.9 Å². The van der Waals surface area contributed by atoms with Gasteiger partial charge in [-0.05, 0) is 24.6 Å². The van der Waals surface area contributed by atoms with Crippen LogP contribution in [0.3, 0.4) is 0 Å². The van der Waals surface area contributed by atoms with Gasteiger partial charge in [0.15, 0.2) is 5.13 Å². The van der Waals surface area contributed by atoms with Crippen molar-refractivity contribution < 1.29 is 4.79 Å². The number of nitrogens with one attached hydrogen (secondary N) is 2. The van der Waals surface area contributed by atoms with Crippen LogP contribution >= 0.6 is 22.9 Å². The molecule has 1 unspecified atom stereocenters. The Kier molecular flexibility index (Phi) is 6.36. The molecule has 0 aliphatic heterocycles. The molecule has 6 heteroatoms. The van der Waals surface area contributed by atoms with E-state index in [9.17, 15) is 4.79 Å². The molecule has 0 bridgehead atoms. The molecule has 2 aromatic rings. The molecular formula is C16H20ClN3OS. The number of halogens is 1. The van der Waals surface area contributed by atoms with E-state index in [0.717, 1.165) is 34.8 Å². The Morgan fingerprint density at radius 2 is 2.14 bits per heavy atom. The van der Waals surface area contributed by atoms with Crippen LogP contribution in [0.15, 0.2) is 30.5 Å². The van der Waals surface area contributed by atoms with Crippen LogP contribution < -0.4 is 10.6 Å². The van der Waals surface area contributed by atoms with E-state index < -0.39 is 0 Å². The molecule has 0 radical (unpaired) electrons. The predicted molar refractivity (Wildman–Crippen MR) is 92.8 cm³/mol. The second-order valence-electron chi connectivity index (χ2n) is 4.91. The quantitative estimate of drug-likeness (QED) is 0.809. The Hall–Kier alpha value is -1.43. The zero-order chi connectivity index (χ0) is 15.9. The number of rotatable bonds is 7. The normalized spacial score (nSPS) is 12.1. The Morgan fingerprint density at radius 1 is 1.36 bits per heavy atom. The summed E-state index contributed by atoms with van der Waals surface area (Å²) in [6, 6.07) is 7.57. The topological polar surface area (TPSA) is 54.0 Å². The molecule has 1 atom stereocenters. The summed E-state index contributed by atoms with van der Waals surface area (Å²) in [6.45, 7) is 4.74. The SMILES string of the molecule is CCNC(CC)C(=O)Nc1ncc(Cc2ccccc2Cl)s1. The fourth-order valence-electron chi connectivity index (χ4n) is 2.14. The Balaban J connectivity index is 1.99. The first-order valence-electron chi connectivity index (χ1n) is 7.36. The lowest BCUT2D eigenvalue weighted by Crippen LogP contribution is -2.39. The number of aromatic nitrogens is 1. The molecule has 1 aromatic heterocycles. The number of nitrogens with zero attached hydrogens (tertiary/aromatic N) is 1. The van der Waals surface area contributed by atoms with E-state index in [0.29, 0.717) is 5.13 Å². The number of anilines is 1. The van der Waals surface area contributed by atoms with Crippen molar-refractivity contribution in [1.29, 1.82) is 0 Å². The van der Waals surface area contributed by atoms with Crippen molar-refractivity contribution in [2.24, 2.45) is 0 Å². The molecule has 2 rings (SSSR count). The van der Waals surface area contributed by atoms with Crippen molar-refractivity contribution in [3.63, 3.8) is 0 Å².